The zero-order chi connectivity index (χ0) is 19.1. The molecular formula is C18H17ClN2O5. The molecule has 8 heteroatoms. The van der Waals surface area contributed by atoms with Gasteiger partial charge in [0.1, 0.15) is 5.56 Å². The SMILES string of the molecule is CC(OC(=O)c1ccc(Cl)cc1[N+](=O)[O-])C(=O)NCCc1ccccc1. The van der Waals surface area contributed by atoms with Gasteiger partial charge in [-0.3, -0.25) is 14.9 Å². The third kappa shape index (κ3) is 5.29. The van der Waals surface area contributed by atoms with Crippen molar-refractivity contribution in [3.63, 3.8) is 0 Å². The van der Waals surface area contributed by atoms with Crippen molar-refractivity contribution in [2.75, 3.05) is 6.54 Å². The molecule has 1 unspecified atom stereocenters. The minimum atomic E-state index is -1.09. The Labute approximate surface area is 155 Å². The van der Waals surface area contributed by atoms with E-state index in [4.69, 9.17) is 16.3 Å². The fourth-order valence-corrected chi connectivity index (χ4v) is 2.39. The van der Waals surface area contributed by atoms with Gasteiger partial charge in [0.15, 0.2) is 6.10 Å². The van der Waals surface area contributed by atoms with Crippen LogP contribution in [-0.2, 0) is 16.0 Å². The van der Waals surface area contributed by atoms with Crippen molar-refractivity contribution in [3.8, 4) is 0 Å². The molecule has 26 heavy (non-hydrogen) atoms. The van der Waals surface area contributed by atoms with Crippen LogP contribution in [-0.4, -0.2) is 29.4 Å². The van der Waals surface area contributed by atoms with Gasteiger partial charge >= 0.3 is 5.97 Å². The van der Waals surface area contributed by atoms with Crippen LogP contribution in [0.25, 0.3) is 0 Å². The van der Waals surface area contributed by atoms with E-state index in [1.165, 1.54) is 19.1 Å². The molecule has 1 atom stereocenters. The average molecular weight is 377 g/mol. The molecule has 0 bridgehead atoms. The number of carbonyl (C=O) groups is 2. The van der Waals surface area contributed by atoms with Crippen LogP contribution in [0.5, 0.6) is 0 Å². The number of nitro benzene ring substituents is 1. The predicted molar refractivity (Wildman–Crippen MR) is 96.1 cm³/mol. The molecule has 2 aromatic carbocycles. The molecule has 0 spiro atoms. The number of halogens is 1. The van der Waals surface area contributed by atoms with Crippen LogP contribution >= 0.6 is 11.6 Å². The van der Waals surface area contributed by atoms with Gasteiger partial charge in [0, 0.05) is 17.6 Å². The normalized spacial score (nSPS) is 11.5. The van der Waals surface area contributed by atoms with Crippen molar-refractivity contribution < 1.29 is 19.2 Å². The van der Waals surface area contributed by atoms with E-state index in [2.05, 4.69) is 5.32 Å². The van der Waals surface area contributed by atoms with Crippen LogP contribution in [0.1, 0.15) is 22.8 Å². The summed E-state index contributed by atoms with van der Waals surface area (Å²) in [4.78, 5) is 34.5. The Morgan fingerprint density at radius 1 is 1.23 bits per heavy atom. The lowest BCUT2D eigenvalue weighted by atomic mass is 10.1. The van der Waals surface area contributed by atoms with E-state index in [1.54, 1.807) is 0 Å². The molecule has 0 saturated carbocycles. The van der Waals surface area contributed by atoms with E-state index < -0.39 is 28.6 Å². The number of ether oxygens (including phenoxy) is 1. The van der Waals surface area contributed by atoms with Gasteiger partial charge in [-0.2, -0.15) is 0 Å². The lowest BCUT2D eigenvalue weighted by Crippen LogP contribution is -2.37. The number of esters is 1. The van der Waals surface area contributed by atoms with E-state index in [0.717, 1.165) is 11.6 Å². The molecule has 0 aliphatic heterocycles. The van der Waals surface area contributed by atoms with Gasteiger partial charge < -0.3 is 10.1 Å². The van der Waals surface area contributed by atoms with Gasteiger partial charge in [0.2, 0.25) is 0 Å². The van der Waals surface area contributed by atoms with Crippen LogP contribution in [0.15, 0.2) is 48.5 Å². The second kappa shape index (κ2) is 8.96. The molecule has 0 aromatic heterocycles. The minimum Gasteiger partial charge on any atom is -0.449 e. The number of amides is 1. The Balaban J connectivity index is 1.92. The minimum absolute atomic E-state index is 0.125. The zero-order valence-electron chi connectivity index (χ0n) is 14.0. The third-order valence-electron chi connectivity index (χ3n) is 3.59. The number of rotatable bonds is 7. The fourth-order valence-electron chi connectivity index (χ4n) is 2.22. The van der Waals surface area contributed by atoms with E-state index in [9.17, 15) is 19.7 Å². The summed E-state index contributed by atoms with van der Waals surface area (Å²) in [7, 11) is 0. The fraction of sp³-hybridized carbons (Fsp3) is 0.222. The molecule has 2 aromatic rings. The van der Waals surface area contributed by atoms with Gasteiger partial charge in [0.05, 0.1) is 4.92 Å². The number of nitrogens with zero attached hydrogens (tertiary/aromatic N) is 1. The van der Waals surface area contributed by atoms with Crippen molar-refractivity contribution in [1.29, 1.82) is 0 Å². The Bertz CT molecular complexity index is 810. The smallest absolute Gasteiger partial charge is 0.345 e. The maximum atomic E-state index is 12.1. The molecule has 0 aliphatic rings. The van der Waals surface area contributed by atoms with Gasteiger partial charge in [-0.1, -0.05) is 41.9 Å². The third-order valence-corrected chi connectivity index (χ3v) is 3.82. The van der Waals surface area contributed by atoms with Crippen molar-refractivity contribution in [3.05, 3.63) is 74.8 Å². The number of benzene rings is 2. The first-order valence-electron chi connectivity index (χ1n) is 7.85. The second-order valence-electron chi connectivity index (χ2n) is 5.49. The standard InChI is InChI=1S/C18H17ClN2O5/c1-12(17(22)20-10-9-13-5-3-2-4-6-13)26-18(23)15-8-7-14(19)11-16(15)21(24)25/h2-8,11-12H,9-10H2,1H3,(H,20,22). The van der Waals surface area contributed by atoms with E-state index in [-0.39, 0.29) is 10.6 Å². The lowest BCUT2D eigenvalue weighted by Gasteiger charge is -2.13. The molecule has 0 heterocycles. The monoisotopic (exact) mass is 376 g/mol. The Morgan fingerprint density at radius 2 is 1.92 bits per heavy atom. The summed E-state index contributed by atoms with van der Waals surface area (Å²) in [6.45, 7) is 1.78. The molecule has 0 aliphatic carbocycles. The predicted octanol–water partition coefficient (Wildman–Crippen LogP) is 3.15. The summed E-state index contributed by atoms with van der Waals surface area (Å²) in [5.41, 5.74) is 0.330. The molecular weight excluding hydrogens is 360 g/mol. The Hall–Kier alpha value is -2.93. The summed E-state index contributed by atoms with van der Waals surface area (Å²) >= 11 is 5.71. The summed E-state index contributed by atoms with van der Waals surface area (Å²) in [6, 6.07) is 13.2. The molecule has 0 saturated heterocycles. The molecule has 136 valence electrons. The molecule has 7 nitrogen and oxygen atoms in total. The zero-order valence-corrected chi connectivity index (χ0v) is 14.7. The largest absolute Gasteiger partial charge is 0.449 e. The first-order valence-corrected chi connectivity index (χ1v) is 8.23. The van der Waals surface area contributed by atoms with E-state index >= 15 is 0 Å². The van der Waals surface area contributed by atoms with E-state index in [0.29, 0.717) is 13.0 Å². The maximum Gasteiger partial charge on any atom is 0.345 e. The van der Waals surface area contributed by atoms with Crippen molar-refractivity contribution in [1.82, 2.24) is 5.32 Å². The van der Waals surface area contributed by atoms with Gasteiger partial charge in [-0.05, 0) is 31.0 Å². The number of nitro groups is 1. The highest BCUT2D eigenvalue weighted by Crippen LogP contribution is 2.24. The summed E-state index contributed by atoms with van der Waals surface area (Å²) in [5, 5.41) is 13.8. The first kappa shape index (κ1) is 19.4. The second-order valence-corrected chi connectivity index (χ2v) is 5.93. The lowest BCUT2D eigenvalue weighted by molar-refractivity contribution is -0.385. The molecule has 1 N–H and O–H groups in total. The van der Waals surface area contributed by atoms with Crippen LogP contribution < -0.4 is 5.32 Å². The topological polar surface area (TPSA) is 98.5 Å². The molecule has 1 amide bonds. The van der Waals surface area contributed by atoms with Gasteiger partial charge in [-0.15, -0.1) is 0 Å². The van der Waals surface area contributed by atoms with Crippen molar-refractivity contribution in [2.24, 2.45) is 0 Å². The van der Waals surface area contributed by atoms with Gasteiger partial charge in [0.25, 0.3) is 11.6 Å². The molecule has 0 radical (unpaired) electrons. The number of carbonyl (C=O) groups excluding carboxylic acids is 2. The Kier molecular flexibility index (Phi) is 6.68. The maximum absolute atomic E-state index is 12.1. The number of hydrogen-bond donors (Lipinski definition) is 1. The van der Waals surface area contributed by atoms with Crippen LogP contribution in [0.3, 0.4) is 0 Å². The summed E-state index contributed by atoms with van der Waals surface area (Å²) in [6.07, 6.45) is -0.454. The summed E-state index contributed by atoms with van der Waals surface area (Å²) in [5.74, 6) is -1.44. The highest BCUT2D eigenvalue weighted by Gasteiger charge is 2.25. The quantitative estimate of drug-likeness (QED) is 0.454. The van der Waals surface area contributed by atoms with Crippen molar-refractivity contribution >= 4 is 29.2 Å². The van der Waals surface area contributed by atoms with Crippen LogP contribution in [0, 0.1) is 10.1 Å². The molecule has 0 fully saturated rings. The van der Waals surface area contributed by atoms with E-state index in [1.807, 2.05) is 30.3 Å². The first-order chi connectivity index (χ1) is 12.4. The summed E-state index contributed by atoms with van der Waals surface area (Å²) < 4.78 is 5.03. The number of nitrogens with one attached hydrogen (secondary N) is 1. The number of hydrogen-bond acceptors (Lipinski definition) is 5. The van der Waals surface area contributed by atoms with Crippen LogP contribution in [0.2, 0.25) is 5.02 Å². The average Bonchev–Trinajstić information content (AvgIpc) is 2.62. The van der Waals surface area contributed by atoms with Gasteiger partial charge in [-0.25, -0.2) is 4.79 Å². The highest BCUT2D eigenvalue weighted by atomic mass is 35.5. The molecule has 2 rings (SSSR count). The Morgan fingerprint density at radius 3 is 2.58 bits per heavy atom. The van der Waals surface area contributed by atoms with Crippen LogP contribution in [0.4, 0.5) is 5.69 Å². The highest BCUT2D eigenvalue weighted by molar-refractivity contribution is 6.31. The van der Waals surface area contributed by atoms with Crippen molar-refractivity contribution in [2.45, 2.75) is 19.4 Å².